The molecule has 4 unspecified atom stereocenters. The van der Waals surface area contributed by atoms with Gasteiger partial charge in [0.1, 0.15) is 12.6 Å². The highest BCUT2D eigenvalue weighted by molar-refractivity contribution is 5.60. The van der Waals surface area contributed by atoms with Gasteiger partial charge in [-0.05, 0) is 12.1 Å². The maximum Gasteiger partial charge on any atom is 0.166 e. The summed E-state index contributed by atoms with van der Waals surface area (Å²) < 4.78 is 11.4. The molecule has 5 nitrogen and oxygen atoms in total. The molecule has 0 bridgehead atoms. The number of methoxy groups -OCH3 is 1. The summed E-state index contributed by atoms with van der Waals surface area (Å²) in [6, 6.07) is 3.87. The van der Waals surface area contributed by atoms with Crippen molar-refractivity contribution < 1.29 is 19.2 Å². The molecule has 1 aromatic rings. The molecule has 0 saturated carbocycles. The van der Waals surface area contributed by atoms with E-state index in [9.17, 15) is 10.3 Å². The van der Waals surface area contributed by atoms with Gasteiger partial charge in [-0.2, -0.15) is 0 Å². The summed E-state index contributed by atoms with van der Waals surface area (Å²) in [5.41, 5.74) is 1.82. The molecule has 0 amide bonds. The summed E-state index contributed by atoms with van der Waals surface area (Å²) in [5, 5.41) is 22.6. The Hall–Kier alpha value is -1.56. The Labute approximate surface area is 129 Å². The maximum absolute atomic E-state index is 12.7. The minimum atomic E-state index is -0.490. The van der Waals surface area contributed by atoms with Crippen molar-refractivity contribution in [2.75, 3.05) is 20.7 Å². The highest BCUT2D eigenvalue weighted by Gasteiger charge is 2.53. The second kappa shape index (κ2) is 4.47. The Kier molecular flexibility index (Phi) is 2.86. The van der Waals surface area contributed by atoms with Crippen LogP contribution < -0.4 is 9.47 Å². The van der Waals surface area contributed by atoms with Gasteiger partial charge in [0.05, 0.1) is 32.2 Å². The van der Waals surface area contributed by atoms with E-state index in [1.54, 1.807) is 14.2 Å². The van der Waals surface area contributed by atoms with Crippen molar-refractivity contribution in [2.45, 2.75) is 37.0 Å². The lowest BCUT2D eigenvalue weighted by molar-refractivity contribution is -0.874. The van der Waals surface area contributed by atoms with Gasteiger partial charge in [0.15, 0.2) is 11.5 Å². The minimum Gasteiger partial charge on any atom is -0.633 e. The van der Waals surface area contributed by atoms with Crippen LogP contribution in [0.15, 0.2) is 24.3 Å². The smallest absolute Gasteiger partial charge is 0.166 e. The number of aliphatic hydroxyl groups is 1. The third kappa shape index (κ3) is 1.82. The van der Waals surface area contributed by atoms with E-state index in [4.69, 9.17) is 9.47 Å². The number of rotatable bonds is 1. The second-order valence-corrected chi connectivity index (χ2v) is 6.87. The van der Waals surface area contributed by atoms with Gasteiger partial charge in [-0.25, -0.2) is 0 Å². The zero-order valence-electron chi connectivity index (χ0n) is 12.9. The fourth-order valence-electron chi connectivity index (χ4n) is 4.19. The lowest BCUT2D eigenvalue weighted by Gasteiger charge is -2.40. The molecule has 2 aliphatic heterocycles. The number of hydroxylamine groups is 3. The number of benzene rings is 1. The van der Waals surface area contributed by atoms with E-state index >= 15 is 0 Å². The van der Waals surface area contributed by atoms with Crippen molar-refractivity contribution in [3.63, 3.8) is 0 Å². The summed E-state index contributed by atoms with van der Waals surface area (Å²) in [4.78, 5) is 0. The van der Waals surface area contributed by atoms with Gasteiger partial charge >= 0.3 is 0 Å². The van der Waals surface area contributed by atoms with Crippen LogP contribution in [0.3, 0.4) is 0 Å². The van der Waals surface area contributed by atoms with E-state index < -0.39 is 6.10 Å². The number of aliphatic hydroxyl groups excluding tert-OH is 1. The van der Waals surface area contributed by atoms with E-state index in [-0.39, 0.29) is 16.2 Å². The average Bonchev–Trinajstić information content (AvgIpc) is 2.74. The second-order valence-electron chi connectivity index (χ2n) is 6.87. The van der Waals surface area contributed by atoms with Crippen LogP contribution in [-0.4, -0.2) is 42.7 Å². The van der Waals surface area contributed by atoms with Crippen LogP contribution in [0.5, 0.6) is 11.5 Å². The first-order valence-corrected chi connectivity index (χ1v) is 7.75. The predicted octanol–water partition coefficient (Wildman–Crippen LogP) is 1.86. The van der Waals surface area contributed by atoms with E-state index in [1.807, 2.05) is 18.2 Å². The molecule has 2 heterocycles. The first kappa shape index (κ1) is 14.1. The molecule has 0 fully saturated rings. The molecule has 4 rings (SSSR count). The number of hydrogen-bond donors (Lipinski definition) is 1. The summed E-state index contributed by atoms with van der Waals surface area (Å²) in [5.74, 6) is 1.46. The van der Waals surface area contributed by atoms with Crippen molar-refractivity contribution in [3.05, 3.63) is 40.6 Å². The number of quaternary nitrogens is 1. The molecular formula is C17H21NO4. The summed E-state index contributed by atoms with van der Waals surface area (Å²) in [6.45, 7) is 0.983. The number of ether oxygens (including phenoxy) is 2. The Balaban J connectivity index is 1.96. The number of hydrogen-bond acceptors (Lipinski definition) is 4. The van der Waals surface area contributed by atoms with Gasteiger partial charge < -0.3 is 24.4 Å². The van der Waals surface area contributed by atoms with E-state index in [0.717, 1.165) is 23.3 Å². The molecule has 3 aliphatic rings. The van der Waals surface area contributed by atoms with Gasteiger partial charge in [0.25, 0.3) is 0 Å². The SMILES string of the molecule is COc1ccc2c3c1OC1CC(O)C=CC31CC[N+](C)([O-])C2. The van der Waals surface area contributed by atoms with Crippen LogP contribution in [0, 0.1) is 5.21 Å². The third-order valence-corrected chi connectivity index (χ3v) is 5.30. The molecule has 118 valence electrons. The molecule has 0 aromatic heterocycles. The zero-order valence-corrected chi connectivity index (χ0v) is 12.9. The summed E-state index contributed by atoms with van der Waals surface area (Å²) >= 11 is 0. The maximum atomic E-state index is 12.7. The van der Waals surface area contributed by atoms with Gasteiger partial charge in [-0.3, -0.25) is 0 Å². The highest BCUT2D eigenvalue weighted by Crippen LogP contribution is 2.56. The normalized spacial score (nSPS) is 38.7. The fraction of sp³-hybridized carbons (Fsp3) is 0.529. The van der Waals surface area contributed by atoms with Crippen molar-refractivity contribution in [3.8, 4) is 11.5 Å². The monoisotopic (exact) mass is 303 g/mol. The molecular weight excluding hydrogens is 282 g/mol. The molecule has 1 N–H and O–H groups in total. The first-order chi connectivity index (χ1) is 10.5. The molecule has 22 heavy (non-hydrogen) atoms. The topological polar surface area (TPSA) is 61.8 Å². The molecule has 1 aliphatic carbocycles. The quantitative estimate of drug-likeness (QED) is 0.489. The van der Waals surface area contributed by atoms with E-state index in [0.29, 0.717) is 25.3 Å². The van der Waals surface area contributed by atoms with Crippen LogP contribution >= 0.6 is 0 Å². The fourth-order valence-corrected chi connectivity index (χ4v) is 4.19. The standard InChI is InChI=1S/C17H21NO4/c1-18(20)8-7-17-6-5-12(19)9-14(17)22-16-13(21-2)4-3-11(10-18)15(16)17/h3-6,12,14,19H,7-10H2,1-2H3. The van der Waals surface area contributed by atoms with Crippen LogP contribution in [0.1, 0.15) is 24.0 Å². The lowest BCUT2D eigenvalue weighted by Crippen LogP contribution is -2.44. The van der Waals surface area contributed by atoms with Gasteiger partial charge in [0, 0.05) is 24.0 Å². The highest BCUT2D eigenvalue weighted by atomic mass is 16.5. The Bertz CT molecular complexity index is 654. The molecule has 1 aromatic carbocycles. The van der Waals surface area contributed by atoms with Crippen LogP contribution in [0.4, 0.5) is 0 Å². The average molecular weight is 303 g/mol. The van der Waals surface area contributed by atoms with Crippen LogP contribution in [0.25, 0.3) is 0 Å². The van der Waals surface area contributed by atoms with Gasteiger partial charge in [-0.1, -0.05) is 12.2 Å². The van der Waals surface area contributed by atoms with Crippen molar-refractivity contribution in [2.24, 2.45) is 0 Å². The molecule has 1 spiro atoms. The Morgan fingerprint density at radius 3 is 3.05 bits per heavy atom. The van der Waals surface area contributed by atoms with Crippen molar-refractivity contribution >= 4 is 0 Å². The third-order valence-electron chi connectivity index (χ3n) is 5.30. The van der Waals surface area contributed by atoms with Crippen molar-refractivity contribution in [1.29, 1.82) is 0 Å². The van der Waals surface area contributed by atoms with Gasteiger partial charge in [-0.15, -0.1) is 0 Å². The van der Waals surface area contributed by atoms with Crippen molar-refractivity contribution in [1.82, 2.24) is 0 Å². The molecule has 0 saturated heterocycles. The largest absolute Gasteiger partial charge is 0.633 e. The Morgan fingerprint density at radius 2 is 2.27 bits per heavy atom. The predicted molar refractivity (Wildman–Crippen MR) is 81.6 cm³/mol. The van der Waals surface area contributed by atoms with E-state index in [2.05, 4.69) is 6.08 Å². The summed E-state index contributed by atoms with van der Waals surface area (Å²) in [7, 11) is 3.36. The first-order valence-electron chi connectivity index (χ1n) is 7.75. The number of nitrogens with zero attached hydrogens (tertiary/aromatic N) is 1. The van der Waals surface area contributed by atoms with Crippen LogP contribution in [-0.2, 0) is 12.0 Å². The summed E-state index contributed by atoms with van der Waals surface area (Å²) in [6.07, 6.45) is 4.57. The minimum absolute atomic E-state index is 0.129. The molecule has 0 radical (unpaired) electrons. The zero-order chi connectivity index (χ0) is 15.5. The van der Waals surface area contributed by atoms with Gasteiger partial charge in [0.2, 0.25) is 0 Å². The van der Waals surface area contributed by atoms with Crippen LogP contribution in [0.2, 0.25) is 0 Å². The molecule has 4 atom stereocenters. The molecule has 5 heteroatoms. The Morgan fingerprint density at radius 1 is 1.45 bits per heavy atom. The van der Waals surface area contributed by atoms with E-state index in [1.165, 1.54) is 0 Å². The lowest BCUT2D eigenvalue weighted by atomic mass is 9.69.